The van der Waals surface area contributed by atoms with E-state index in [0.29, 0.717) is 5.82 Å². The molecule has 0 fully saturated rings. The molecule has 2 N–H and O–H groups in total. The summed E-state index contributed by atoms with van der Waals surface area (Å²) in [5.74, 6) is 0.257. The van der Waals surface area contributed by atoms with Gasteiger partial charge in [-0.2, -0.15) is 4.68 Å². The second-order valence-electron chi connectivity index (χ2n) is 3.33. The van der Waals surface area contributed by atoms with Gasteiger partial charge in [0.2, 0.25) is 0 Å². The summed E-state index contributed by atoms with van der Waals surface area (Å²) in [4.78, 5) is 0. The molecule has 1 unspecified atom stereocenters. The van der Waals surface area contributed by atoms with Crippen LogP contribution in [0.4, 0.5) is 4.39 Å². The van der Waals surface area contributed by atoms with Crippen LogP contribution in [0.2, 0.25) is 0 Å². The van der Waals surface area contributed by atoms with E-state index in [1.807, 2.05) is 22.6 Å². The van der Waals surface area contributed by atoms with Gasteiger partial charge in [0.05, 0.1) is 11.7 Å². The Bertz CT molecular complexity index is 510. The molecule has 16 heavy (non-hydrogen) atoms. The molecule has 0 amide bonds. The Morgan fingerprint density at radius 2 is 2.25 bits per heavy atom. The quantitative estimate of drug-likeness (QED) is 0.844. The minimum absolute atomic E-state index is 0.282. The van der Waals surface area contributed by atoms with Crippen molar-refractivity contribution >= 4 is 22.6 Å². The first kappa shape index (κ1) is 11.4. The zero-order chi connectivity index (χ0) is 11.7. The molecule has 1 atom stereocenters. The fraction of sp³-hybridized carbons (Fsp3) is 0.222. The molecular weight excluding hydrogens is 324 g/mol. The van der Waals surface area contributed by atoms with Gasteiger partial charge >= 0.3 is 0 Å². The Morgan fingerprint density at radius 3 is 2.88 bits per heavy atom. The maximum absolute atomic E-state index is 13.0. The largest absolute Gasteiger partial charge is 0.321 e. The van der Waals surface area contributed by atoms with E-state index in [9.17, 15) is 4.39 Å². The smallest absolute Gasteiger partial charge is 0.173 e. The normalized spacial score (nSPS) is 12.8. The van der Waals surface area contributed by atoms with Crippen LogP contribution in [-0.4, -0.2) is 20.2 Å². The van der Waals surface area contributed by atoms with Gasteiger partial charge in [-0.25, -0.2) is 4.39 Å². The lowest BCUT2D eigenvalue weighted by molar-refractivity contribution is 0.624. The minimum atomic E-state index is -0.288. The Hall–Kier alpha value is -1.09. The number of hydrogen-bond acceptors (Lipinski definition) is 4. The molecule has 0 spiro atoms. The number of halogens is 2. The highest BCUT2D eigenvalue weighted by atomic mass is 127. The summed E-state index contributed by atoms with van der Waals surface area (Å²) in [6.45, 7) is 1.79. The average Bonchev–Trinajstić information content (AvgIpc) is 2.66. The highest BCUT2D eigenvalue weighted by molar-refractivity contribution is 14.1. The molecule has 1 aromatic heterocycles. The predicted octanol–water partition coefficient (Wildman–Crippen LogP) is 1.43. The van der Waals surface area contributed by atoms with Gasteiger partial charge in [0.25, 0.3) is 0 Å². The van der Waals surface area contributed by atoms with Crippen molar-refractivity contribution < 1.29 is 4.39 Å². The third kappa shape index (κ3) is 2.05. The monoisotopic (exact) mass is 333 g/mol. The predicted molar refractivity (Wildman–Crippen MR) is 64.4 cm³/mol. The summed E-state index contributed by atoms with van der Waals surface area (Å²) in [6, 6.07) is 4.13. The third-order valence-corrected chi connectivity index (χ3v) is 2.90. The minimum Gasteiger partial charge on any atom is -0.321 e. The molecule has 0 aliphatic heterocycles. The highest BCUT2D eigenvalue weighted by Crippen LogP contribution is 2.19. The van der Waals surface area contributed by atoms with Gasteiger partial charge in [0.15, 0.2) is 5.82 Å². The molecule has 1 heterocycles. The maximum atomic E-state index is 13.0. The summed E-state index contributed by atoms with van der Waals surface area (Å²) in [7, 11) is 0. The molecule has 5 nitrogen and oxygen atoms in total. The van der Waals surface area contributed by atoms with Crippen molar-refractivity contribution in [2.75, 3.05) is 0 Å². The van der Waals surface area contributed by atoms with Crippen molar-refractivity contribution in [2.45, 2.75) is 13.0 Å². The molecule has 2 rings (SSSR count). The summed E-state index contributed by atoms with van der Waals surface area (Å²) >= 11 is 2.03. The first-order valence-corrected chi connectivity index (χ1v) is 5.66. The number of nitrogens with zero attached hydrogens (tertiary/aromatic N) is 4. The van der Waals surface area contributed by atoms with E-state index >= 15 is 0 Å². The van der Waals surface area contributed by atoms with Crippen molar-refractivity contribution in [1.82, 2.24) is 20.2 Å². The first-order chi connectivity index (χ1) is 7.59. The standard InChI is InChI=1S/C9H9FIN5/c1-5(12)9-13-14-15-16(9)8-3-2-6(10)4-7(8)11/h2-5H,12H2,1H3. The van der Waals surface area contributed by atoms with E-state index in [2.05, 4.69) is 15.5 Å². The van der Waals surface area contributed by atoms with E-state index < -0.39 is 0 Å². The zero-order valence-electron chi connectivity index (χ0n) is 8.43. The van der Waals surface area contributed by atoms with Crippen molar-refractivity contribution in [3.05, 3.63) is 33.4 Å². The molecule has 84 valence electrons. The zero-order valence-corrected chi connectivity index (χ0v) is 10.6. The summed E-state index contributed by atoms with van der Waals surface area (Å²) in [5.41, 5.74) is 6.46. The lowest BCUT2D eigenvalue weighted by atomic mass is 10.3. The van der Waals surface area contributed by atoms with Gasteiger partial charge in [0.1, 0.15) is 5.82 Å². The van der Waals surface area contributed by atoms with Crippen LogP contribution in [0.1, 0.15) is 18.8 Å². The Labute approximate surface area is 105 Å². The van der Waals surface area contributed by atoms with Crippen molar-refractivity contribution in [3.8, 4) is 5.69 Å². The number of nitrogens with two attached hydrogens (primary N) is 1. The average molecular weight is 333 g/mol. The molecule has 2 aromatic rings. The third-order valence-electron chi connectivity index (χ3n) is 2.04. The summed E-state index contributed by atoms with van der Waals surface area (Å²) in [5, 5.41) is 11.3. The van der Waals surface area contributed by atoms with Gasteiger partial charge < -0.3 is 5.73 Å². The maximum Gasteiger partial charge on any atom is 0.173 e. The first-order valence-electron chi connectivity index (χ1n) is 4.59. The number of aromatic nitrogens is 4. The van der Waals surface area contributed by atoms with Crippen molar-refractivity contribution in [3.63, 3.8) is 0 Å². The lowest BCUT2D eigenvalue weighted by Gasteiger charge is -2.08. The van der Waals surface area contributed by atoms with Crippen LogP contribution in [0.25, 0.3) is 5.69 Å². The topological polar surface area (TPSA) is 69.6 Å². The number of rotatable bonds is 2. The lowest BCUT2D eigenvalue weighted by Crippen LogP contribution is -2.14. The van der Waals surface area contributed by atoms with Crippen LogP contribution in [0.3, 0.4) is 0 Å². The van der Waals surface area contributed by atoms with E-state index in [-0.39, 0.29) is 11.9 Å². The van der Waals surface area contributed by atoms with Crippen LogP contribution < -0.4 is 5.73 Å². The van der Waals surface area contributed by atoms with Crippen LogP contribution in [0, 0.1) is 9.39 Å². The van der Waals surface area contributed by atoms with Gasteiger partial charge in [0, 0.05) is 3.57 Å². The fourth-order valence-corrected chi connectivity index (χ4v) is 2.01. The van der Waals surface area contributed by atoms with Crippen molar-refractivity contribution in [1.29, 1.82) is 0 Å². The molecule has 0 saturated heterocycles. The number of benzene rings is 1. The second-order valence-corrected chi connectivity index (χ2v) is 4.50. The molecule has 0 aliphatic rings. The van der Waals surface area contributed by atoms with Crippen LogP contribution >= 0.6 is 22.6 Å². The van der Waals surface area contributed by atoms with Gasteiger partial charge in [-0.05, 0) is 58.1 Å². The van der Waals surface area contributed by atoms with Gasteiger partial charge in [-0.1, -0.05) is 0 Å². The summed E-state index contributed by atoms with van der Waals surface area (Å²) in [6.07, 6.45) is 0. The molecule has 0 radical (unpaired) electrons. The SMILES string of the molecule is CC(N)c1nnnn1-c1ccc(F)cc1I. The molecule has 1 aromatic carbocycles. The van der Waals surface area contributed by atoms with Crippen LogP contribution in [-0.2, 0) is 0 Å². The Morgan fingerprint density at radius 1 is 1.50 bits per heavy atom. The Balaban J connectivity index is 2.54. The van der Waals surface area contributed by atoms with Crippen molar-refractivity contribution in [2.24, 2.45) is 5.73 Å². The number of tetrazole rings is 1. The highest BCUT2D eigenvalue weighted by Gasteiger charge is 2.14. The fourth-order valence-electron chi connectivity index (χ4n) is 1.30. The van der Waals surface area contributed by atoms with E-state index in [1.165, 1.54) is 16.8 Å². The molecule has 0 bridgehead atoms. The summed E-state index contributed by atoms with van der Waals surface area (Å²) < 4.78 is 15.2. The second kappa shape index (κ2) is 4.42. The van der Waals surface area contributed by atoms with Crippen LogP contribution in [0.15, 0.2) is 18.2 Å². The number of hydrogen-bond donors (Lipinski definition) is 1. The van der Waals surface area contributed by atoms with Crippen LogP contribution in [0.5, 0.6) is 0 Å². The van der Waals surface area contributed by atoms with E-state index in [1.54, 1.807) is 13.0 Å². The van der Waals surface area contributed by atoms with Gasteiger partial charge in [-0.15, -0.1) is 5.10 Å². The van der Waals surface area contributed by atoms with E-state index in [4.69, 9.17) is 5.73 Å². The van der Waals surface area contributed by atoms with Gasteiger partial charge in [-0.3, -0.25) is 0 Å². The Kier molecular flexibility index (Phi) is 3.15. The molecule has 0 aliphatic carbocycles. The molecular formula is C9H9FIN5. The molecule has 7 heteroatoms. The van der Waals surface area contributed by atoms with E-state index in [0.717, 1.165) is 9.26 Å². The molecule has 0 saturated carbocycles.